The molecule has 2 aromatic carbocycles. The average Bonchev–Trinajstić information content (AvgIpc) is 3.60. The number of hydrogen-bond donors (Lipinski definition) is 4. The SMILES string of the molecule is CCn1c(-c2cc(N3CCN4CCCC[C@@H]4C3)cnc2C(C)OC)c(CC(C)(C)CO)c2cc(-c3cc(CC(NC(=O)OC(C)(C)C)C(=O)N4CCC[C@@H](C(=O)O)N4)cc(C(F)F)c3)ccc21. The first-order chi connectivity index (χ1) is 31.8. The minimum absolute atomic E-state index is 0.0723. The lowest BCUT2D eigenvalue weighted by molar-refractivity contribution is -0.147. The molecule has 0 radical (unpaired) electrons. The molecule has 4 N–H and O–H groups in total. The third-order valence-electron chi connectivity index (χ3n) is 13.4. The van der Waals surface area contributed by atoms with Crippen LogP contribution in [0.1, 0.15) is 115 Å². The summed E-state index contributed by atoms with van der Waals surface area (Å²) < 4.78 is 43.5. The van der Waals surface area contributed by atoms with Gasteiger partial charge in [-0.15, -0.1) is 0 Å². The van der Waals surface area contributed by atoms with Crippen LogP contribution in [0.25, 0.3) is 33.3 Å². The summed E-state index contributed by atoms with van der Waals surface area (Å²) >= 11 is 0. The number of methoxy groups -OCH3 is 1. The third kappa shape index (κ3) is 11.4. The number of benzene rings is 2. The summed E-state index contributed by atoms with van der Waals surface area (Å²) in [6.07, 6.45) is 2.58. The lowest BCUT2D eigenvalue weighted by Crippen LogP contribution is -2.60. The van der Waals surface area contributed by atoms with Crippen molar-refractivity contribution in [3.8, 4) is 22.4 Å². The number of aliphatic carboxylic acids is 1. The lowest BCUT2D eigenvalue weighted by Gasteiger charge is -2.45. The van der Waals surface area contributed by atoms with Crippen molar-refractivity contribution in [3.05, 3.63) is 71.0 Å². The average molecular weight is 930 g/mol. The highest BCUT2D eigenvalue weighted by molar-refractivity contribution is 5.96. The monoisotopic (exact) mass is 930 g/mol. The number of nitrogens with one attached hydrogen (secondary N) is 2. The number of anilines is 1. The quantitative estimate of drug-likeness (QED) is 0.0908. The minimum Gasteiger partial charge on any atom is -0.480 e. The fourth-order valence-corrected chi connectivity index (χ4v) is 9.93. The van der Waals surface area contributed by atoms with Crippen LogP contribution < -0.4 is 15.6 Å². The number of pyridine rings is 1. The Kier molecular flexibility index (Phi) is 15.3. The van der Waals surface area contributed by atoms with Gasteiger partial charge in [-0.05, 0) is 125 Å². The molecule has 4 atom stereocenters. The lowest BCUT2D eigenvalue weighted by atomic mass is 9.84. The Labute approximate surface area is 393 Å². The van der Waals surface area contributed by atoms with Crippen molar-refractivity contribution in [1.82, 2.24) is 30.2 Å². The molecule has 7 rings (SSSR count). The summed E-state index contributed by atoms with van der Waals surface area (Å²) in [4.78, 5) is 49.3. The highest BCUT2D eigenvalue weighted by atomic mass is 19.3. The number of rotatable bonds is 15. The molecule has 0 spiro atoms. The van der Waals surface area contributed by atoms with Crippen molar-refractivity contribution in [2.24, 2.45) is 5.41 Å². The van der Waals surface area contributed by atoms with Gasteiger partial charge in [-0.1, -0.05) is 38.5 Å². The number of alkyl carbamates (subject to hydrolysis) is 1. The van der Waals surface area contributed by atoms with Gasteiger partial charge in [0.15, 0.2) is 0 Å². The number of ether oxygens (including phenoxy) is 2. The van der Waals surface area contributed by atoms with Gasteiger partial charge in [0.2, 0.25) is 0 Å². The summed E-state index contributed by atoms with van der Waals surface area (Å²) in [5.41, 5.74) is 8.23. The number of hydrazine groups is 1. The Morgan fingerprint density at radius 2 is 1.75 bits per heavy atom. The van der Waals surface area contributed by atoms with Gasteiger partial charge in [0.25, 0.3) is 12.3 Å². The van der Waals surface area contributed by atoms with E-state index in [2.05, 4.69) is 38.1 Å². The van der Waals surface area contributed by atoms with E-state index in [0.717, 1.165) is 65.3 Å². The van der Waals surface area contributed by atoms with Crippen molar-refractivity contribution in [2.75, 3.05) is 51.3 Å². The van der Waals surface area contributed by atoms with Crippen LogP contribution in [0.3, 0.4) is 0 Å². The van der Waals surface area contributed by atoms with Crippen molar-refractivity contribution >= 4 is 34.6 Å². The molecule has 5 heterocycles. The highest BCUT2D eigenvalue weighted by Gasteiger charge is 2.35. The second kappa shape index (κ2) is 20.6. The minimum atomic E-state index is -2.86. The smallest absolute Gasteiger partial charge is 0.408 e. The molecule has 3 aliphatic heterocycles. The molecule has 16 heteroatoms. The molecule has 0 bridgehead atoms. The molecule has 0 aliphatic carbocycles. The number of halogens is 2. The number of aliphatic hydroxyl groups is 1. The molecular formula is C51H69F2N7O7. The Morgan fingerprint density at radius 1 is 0.970 bits per heavy atom. The number of piperidine rings is 1. The predicted octanol–water partition coefficient (Wildman–Crippen LogP) is 8.29. The number of carbonyl (C=O) groups excluding carboxylic acids is 2. The van der Waals surface area contributed by atoms with Gasteiger partial charge in [-0.3, -0.25) is 24.5 Å². The van der Waals surface area contributed by atoms with E-state index in [0.29, 0.717) is 48.5 Å². The molecule has 4 aromatic rings. The second-order valence-electron chi connectivity index (χ2n) is 20.3. The number of aryl methyl sites for hydroxylation is 1. The van der Waals surface area contributed by atoms with E-state index >= 15 is 0 Å². The molecule has 0 saturated carbocycles. The van der Waals surface area contributed by atoms with Gasteiger partial charge in [-0.2, -0.15) is 0 Å². The molecule has 2 aromatic heterocycles. The standard InChI is InChI=1S/C51H69F2N7O7/c1-9-59-43-16-15-33(34-21-32(22-35(24-34)46(52)53)23-42(55-49(65)67-50(3,4)5)47(62)60-18-12-14-41(56-60)48(63)64)25-38(43)40(27-51(6,7)30-61)45(59)39-26-37(28-54-44(39)31(2)66-8)58-20-19-57-17-11-10-13-36(57)29-58/h15-16,21-22,24-26,28,31,36,41-42,46,56,61H,9-14,17-20,23,27,29-30H2,1-8H3,(H,55,65)(H,63,64)/t31?,36-,41+,42?/m1/s1. The highest BCUT2D eigenvalue weighted by Crippen LogP contribution is 2.43. The summed E-state index contributed by atoms with van der Waals surface area (Å²) in [6.45, 7) is 17.9. The Morgan fingerprint density at radius 3 is 2.43 bits per heavy atom. The van der Waals surface area contributed by atoms with E-state index in [4.69, 9.17) is 14.5 Å². The number of hydrogen-bond acceptors (Lipinski definition) is 10. The molecule has 14 nitrogen and oxygen atoms in total. The van der Waals surface area contributed by atoms with Crippen molar-refractivity contribution in [1.29, 1.82) is 0 Å². The van der Waals surface area contributed by atoms with Crippen molar-refractivity contribution < 1.29 is 42.9 Å². The van der Waals surface area contributed by atoms with E-state index in [1.54, 1.807) is 33.9 Å². The number of aromatic nitrogens is 2. The summed E-state index contributed by atoms with van der Waals surface area (Å²) in [5, 5.41) is 25.1. The maximum atomic E-state index is 14.9. The number of carboxylic acids is 1. The van der Waals surface area contributed by atoms with Crippen LogP contribution in [0.4, 0.5) is 19.3 Å². The molecule has 3 saturated heterocycles. The number of carboxylic acid groups (broad SMARTS) is 1. The molecule has 364 valence electrons. The van der Waals surface area contributed by atoms with Crippen molar-refractivity contribution in [2.45, 2.75) is 136 Å². The summed E-state index contributed by atoms with van der Waals surface area (Å²) in [6, 6.07) is 10.9. The molecule has 2 unspecified atom stereocenters. The zero-order valence-electron chi connectivity index (χ0n) is 40.3. The molecule has 2 amide bonds. The first-order valence-corrected chi connectivity index (χ1v) is 23.8. The van der Waals surface area contributed by atoms with Gasteiger partial charge in [0.05, 0.1) is 29.4 Å². The normalized spacial score (nSPS) is 19.3. The first kappa shape index (κ1) is 49.7. The van der Waals surface area contributed by atoms with E-state index in [1.807, 2.05) is 45.2 Å². The van der Waals surface area contributed by atoms with Crippen LogP contribution in [0, 0.1) is 5.41 Å². The van der Waals surface area contributed by atoms with Gasteiger partial charge in [0, 0.05) is 80.9 Å². The van der Waals surface area contributed by atoms with Crippen LogP contribution in [-0.4, -0.2) is 118 Å². The summed E-state index contributed by atoms with van der Waals surface area (Å²) in [7, 11) is 1.68. The number of aliphatic hydroxyl groups excluding tert-OH is 1. The van der Waals surface area contributed by atoms with E-state index in [-0.39, 0.29) is 31.2 Å². The topological polar surface area (TPSA) is 162 Å². The Bertz CT molecular complexity index is 2430. The van der Waals surface area contributed by atoms with E-state index < -0.39 is 47.5 Å². The zero-order valence-corrected chi connectivity index (χ0v) is 40.3. The maximum Gasteiger partial charge on any atom is 0.408 e. The number of piperazine rings is 1. The molecule has 67 heavy (non-hydrogen) atoms. The molecular weight excluding hydrogens is 861 g/mol. The van der Waals surface area contributed by atoms with Gasteiger partial charge < -0.3 is 34.5 Å². The first-order valence-electron chi connectivity index (χ1n) is 23.8. The van der Waals surface area contributed by atoms with E-state index in [1.165, 1.54) is 36.4 Å². The predicted molar refractivity (Wildman–Crippen MR) is 255 cm³/mol. The van der Waals surface area contributed by atoms with Crippen LogP contribution in [0.5, 0.6) is 0 Å². The van der Waals surface area contributed by atoms with Crippen LogP contribution in [0.2, 0.25) is 0 Å². The van der Waals surface area contributed by atoms with Gasteiger partial charge >= 0.3 is 12.1 Å². The van der Waals surface area contributed by atoms with Gasteiger partial charge in [-0.25, -0.2) is 19.0 Å². The Hall–Kier alpha value is -5.16. The van der Waals surface area contributed by atoms with Gasteiger partial charge in [0.1, 0.15) is 17.7 Å². The van der Waals surface area contributed by atoms with E-state index in [9.17, 15) is 33.4 Å². The molecule has 3 fully saturated rings. The third-order valence-corrected chi connectivity index (χ3v) is 13.4. The number of carbonyl (C=O) groups is 3. The summed E-state index contributed by atoms with van der Waals surface area (Å²) in [5.74, 6) is -1.74. The van der Waals surface area contributed by atoms with Crippen LogP contribution >= 0.6 is 0 Å². The van der Waals surface area contributed by atoms with Crippen LogP contribution in [-0.2, 0) is 38.4 Å². The zero-order chi connectivity index (χ0) is 48.4. The fourth-order valence-electron chi connectivity index (χ4n) is 9.93. The number of alkyl halides is 2. The number of fused-ring (bicyclic) bond motifs is 2. The fraction of sp³-hybridized carbons (Fsp3) is 0.569. The largest absolute Gasteiger partial charge is 0.480 e. The van der Waals surface area contributed by atoms with Crippen LogP contribution in [0.15, 0.2) is 48.7 Å². The number of amides is 2. The molecule has 3 aliphatic rings. The maximum absolute atomic E-state index is 14.9. The van der Waals surface area contributed by atoms with Crippen molar-refractivity contribution in [3.63, 3.8) is 0 Å². The Balaban J connectivity index is 1.34. The number of nitrogens with zero attached hydrogens (tertiary/aromatic N) is 5. The second-order valence-corrected chi connectivity index (χ2v) is 20.3.